The van der Waals surface area contributed by atoms with Crippen LogP contribution in [-0.2, 0) is 35.2 Å². The van der Waals surface area contributed by atoms with Crippen molar-refractivity contribution in [2.45, 2.75) is 105 Å². The van der Waals surface area contributed by atoms with E-state index in [1.165, 1.54) is 9.78 Å². The van der Waals surface area contributed by atoms with E-state index in [4.69, 9.17) is 30.8 Å². The molecule has 3 aromatic heterocycles. The van der Waals surface area contributed by atoms with E-state index in [-0.39, 0.29) is 51.0 Å². The van der Waals surface area contributed by atoms with Crippen molar-refractivity contribution in [3.63, 3.8) is 0 Å². The fraction of sp³-hybridized carbons (Fsp3) is 0.418. The van der Waals surface area contributed by atoms with Gasteiger partial charge in [-0.15, -0.1) is 32.9 Å². The Bertz CT molecular complexity index is 3000. The molecule has 4 N–H and O–H groups in total. The Morgan fingerprint density at radius 3 is 2.25 bits per heavy atom. The van der Waals surface area contributed by atoms with E-state index >= 15 is 0 Å². The highest BCUT2D eigenvalue weighted by atomic mass is 35.5. The number of nitrogens with zero attached hydrogens (tertiary/aromatic N) is 6. The van der Waals surface area contributed by atoms with Gasteiger partial charge in [0.1, 0.15) is 41.3 Å². The zero-order chi connectivity index (χ0) is 53.4. The van der Waals surface area contributed by atoms with Gasteiger partial charge in [0.15, 0.2) is 5.82 Å². The van der Waals surface area contributed by atoms with Crippen molar-refractivity contribution in [1.82, 2.24) is 35.3 Å². The van der Waals surface area contributed by atoms with E-state index < -0.39 is 41.5 Å². The van der Waals surface area contributed by atoms with Crippen LogP contribution in [-0.4, -0.2) is 117 Å². The molecule has 1 saturated heterocycles. The number of rotatable bonds is 21. The number of aryl methyl sites for hydroxylation is 3. The van der Waals surface area contributed by atoms with Crippen molar-refractivity contribution in [2.75, 3.05) is 44.9 Å². The summed E-state index contributed by atoms with van der Waals surface area (Å²) in [6.45, 7) is 15.1. The number of aliphatic hydroxyl groups is 1. The number of aromatic nitrogens is 4. The van der Waals surface area contributed by atoms with Gasteiger partial charge in [-0.05, 0) is 92.6 Å². The monoisotopic (exact) mass is 1080 g/mol. The van der Waals surface area contributed by atoms with E-state index in [1.54, 1.807) is 46.9 Å². The predicted molar refractivity (Wildman–Crippen MR) is 291 cm³/mol. The Hall–Kier alpha value is -6.35. The number of β-amino-alcohol motifs (C(OH)–C–C–N with tert-alkyl or cyclic N) is 1. The summed E-state index contributed by atoms with van der Waals surface area (Å²) >= 11 is 9.48. The lowest BCUT2D eigenvalue weighted by Crippen LogP contribution is -2.58. The topological polar surface area (TPSA) is 211 Å². The second kappa shape index (κ2) is 24.5. The third-order valence-corrected chi connectivity index (χ3v) is 15.5. The first kappa shape index (κ1) is 54.9. The minimum atomic E-state index is -0.963. The van der Waals surface area contributed by atoms with Crippen LogP contribution in [0, 0.1) is 33.1 Å². The number of anilines is 1. The van der Waals surface area contributed by atoms with Crippen molar-refractivity contribution in [3.05, 3.63) is 128 Å². The molecule has 396 valence electrons. The molecule has 4 amide bonds. The quantitative estimate of drug-likeness (QED) is 0.0504. The number of carbonyl (C=O) groups is 4. The SMILES string of the molecule is Cc1ncsc1-c1ccc(CNC(=O)[C@@H]2C[C@@H](O)CN2C(=O)[C@@H](NC(=O)COCCCOCCCOc2ccc(NC(=O)CC3N=C(c4ccc(Cl)cc4)c4c(sc(C)c4C)-n4c(C)nnc43)cc2)C(C)(C)C)cc1. The minimum Gasteiger partial charge on any atom is -0.494 e. The van der Waals surface area contributed by atoms with Crippen molar-refractivity contribution < 1.29 is 38.5 Å². The standard InChI is InChI=1S/C55H64ClN9O8S2/c1-32-34(3)75-54-47(32)48(37-14-16-39(56)17-15-37)60-43(51-63-62-35(4)65(51)54)27-45(67)59-40-18-20-42(21-19-40)73-25-9-23-71-22-8-24-72-30-46(68)61-50(55(5,6)7)53(70)64-29-41(66)26-44(64)52(69)57-28-36-10-12-38(13-11-36)49-33(2)58-31-74-49/h10-21,31,41,43-44,50,66H,8-9,22-30H2,1-7H3,(H,57,69)(H,59,67)(H,61,68)/t41-,43?,44+,50-/m1/s1. The summed E-state index contributed by atoms with van der Waals surface area (Å²) in [5, 5.41) is 29.8. The predicted octanol–water partition coefficient (Wildman–Crippen LogP) is 8.26. The molecule has 1 unspecified atom stereocenters. The zero-order valence-corrected chi connectivity index (χ0v) is 45.7. The highest BCUT2D eigenvalue weighted by Gasteiger charge is 2.44. The molecule has 2 aliphatic heterocycles. The van der Waals surface area contributed by atoms with E-state index in [2.05, 4.69) is 45.0 Å². The maximum absolute atomic E-state index is 14.0. The number of ether oxygens (including phenoxy) is 3. The molecule has 17 nitrogen and oxygen atoms in total. The number of hydrogen-bond acceptors (Lipinski definition) is 14. The van der Waals surface area contributed by atoms with Crippen LogP contribution in [0.2, 0.25) is 5.02 Å². The van der Waals surface area contributed by atoms with Gasteiger partial charge in [0.25, 0.3) is 0 Å². The third-order valence-electron chi connectivity index (χ3n) is 13.1. The van der Waals surface area contributed by atoms with Crippen LogP contribution in [0.15, 0.2) is 83.3 Å². The molecule has 8 rings (SSSR count). The number of nitrogens with one attached hydrogen (secondary N) is 3. The first-order valence-corrected chi connectivity index (χ1v) is 27.1. The van der Waals surface area contributed by atoms with Gasteiger partial charge in [-0.1, -0.05) is 68.8 Å². The number of carbonyl (C=O) groups excluding carboxylic acids is 4. The Labute approximate surface area is 450 Å². The van der Waals surface area contributed by atoms with Gasteiger partial charge in [-0.2, -0.15) is 0 Å². The Balaban J connectivity index is 0.723. The Kier molecular flexibility index (Phi) is 18.0. The number of fused-ring (bicyclic) bond motifs is 3. The lowest BCUT2D eigenvalue weighted by molar-refractivity contribution is -0.144. The molecule has 0 bridgehead atoms. The van der Waals surface area contributed by atoms with E-state index in [1.807, 2.05) is 93.2 Å². The maximum Gasteiger partial charge on any atom is 0.246 e. The summed E-state index contributed by atoms with van der Waals surface area (Å²) in [7, 11) is 0. The van der Waals surface area contributed by atoms with Crippen LogP contribution in [0.5, 0.6) is 5.75 Å². The fourth-order valence-electron chi connectivity index (χ4n) is 9.02. The van der Waals surface area contributed by atoms with Gasteiger partial charge >= 0.3 is 0 Å². The summed E-state index contributed by atoms with van der Waals surface area (Å²) < 4.78 is 19.3. The molecule has 1 fully saturated rings. The second-order valence-electron chi connectivity index (χ2n) is 19.8. The summed E-state index contributed by atoms with van der Waals surface area (Å²) in [4.78, 5) is 67.2. The van der Waals surface area contributed by atoms with E-state index in [9.17, 15) is 24.3 Å². The summed E-state index contributed by atoms with van der Waals surface area (Å²) in [6, 6.07) is 20.2. The molecular formula is C55H64ClN9O8S2. The summed E-state index contributed by atoms with van der Waals surface area (Å²) in [5.74, 6) is 0.474. The molecule has 3 aromatic carbocycles. The maximum atomic E-state index is 14.0. The first-order valence-electron chi connectivity index (χ1n) is 25.0. The van der Waals surface area contributed by atoms with Gasteiger partial charge in [-0.25, -0.2) is 4.98 Å². The van der Waals surface area contributed by atoms with Crippen molar-refractivity contribution in [3.8, 4) is 21.2 Å². The second-order valence-corrected chi connectivity index (χ2v) is 22.3. The van der Waals surface area contributed by atoms with Crippen LogP contribution in [0.4, 0.5) is 5.69 Å². The fourth-order valence-corrected chi connectivity index (χ4v) is 11.2. The molecule has 75 heavy (non-hydrogen) atoms. The first-order chi connectivity index (χ1) is 35.9. The van der Waals surface area contributed by atoms with Crippen molar-refractivity contribution in [1.29, 1.82) is 0 Å². The average Bonchev–Trinajstić information content (AvgIpc) is 4.16. The molecule has 0 radical (unpaired) electrons. The number of aliphatic hydroxyl groups excluding tert-OH is 1. The lowest BCUT2D eigenvalue weighted by atomic mass is 9.85. The van der Waals surface area contributed by atoms with Crippen LogP contribution in [0.25, 0.3) is 15.4 Å². The Morgan fingerprint density at radius 1 is 0.867 bits per heavy atom. The van der Waals surface area contributed by atoms with Crippen molar-refractivity contribution >= 4 is 69.3 Å². The van der Waals surface area contributed by atoms with E-state index in [0.717, 1.165) is 54.9 Å². The van der Waals surface area contributed by atoms with Gasteiger partial charge in [-0.3, -0.25) is 28.7 Å². The number of likely N-dealkylation sites (tertiary alicyclic amines) is 1. The van der Waals surface area contributed by atoms with Gasteiger partial charge < -0.3 is 40.2 Å². The van der Waals surface area contributed by atoms with Crippen LogP contribution in [0.3, 0.4) is 0 Å². The normalized spacial score (nSPS) is 16.6. The highest BCUT2D eigenvalue weighted by Crippen LogP contribution is 2.40. The van der Waals surface area contributed by atoms with E-state index in [0.29, 0.717) is 54.9 Å². The molecule has 20 heteroatoms. The minimum absolute atomic E-state index is 0.0177. The number of thiazole rings is 1. The van der Waals surface area contributed by atoms with Crippen LogP contribution in [0.1, 0.15) is 97.0 Å². The summed E-state index contributed by atoms with van der Waals surface area (Å²) in [6.07, 6.45) is 0.453. The molecule has 0 saturated carbocycles. The number of halogens is 1. The van der Waals surface area contributed by atoms with Gasteiger partial charge in [0.05, 0.1) is 40.9 Å². The zero-order valence-electron chi connectivity index (χ0n) is 43.3. The van der Waals surface area contributed by atoms with Gasteiger partial charge in [0.2, 0.25) is 23.6 Å². The molecular weight excluding hydrogens is 1010 g/mol. The Morgan fingerprint density at radius 2 is 1.56 bits per heavy atom. The third kappa shape index (κ3) is 13.6. The number of amides is 4. The number of thiophene rings is 1. The molecule has 4 atom stereocenters. The number of benzene rings is 3. The van der Waals surface area contributed by atoms with Crippen LogP contribution >= 0.6 is 34.3 Å². The van der Waals surface area contributed by atoms with Crippen molar-refractivity contribution in [2.24, 2.45) is 10.4 Å². The van der Waals surface area contributed by atoms with Crippen LogP contribution < -0.4 is 20.7 Å². The van der Waals surface area contributed by atoms with Gasteiger partial charge in [0, 0.05) is 72.5 Å². The smallest absolute Gasteiger partial charge is 0.246 e. The molecule has 5 heterocycles. The molecule has 0 aliphatic carbocycles. The summed E-state index contributed by atoms with van der Waals surface area (Å²) in [5.41, 5.74) is 8.43. The largest absolute Gasteiger partial charge is 0.494 e. The molecule has 2 aliphatic rings. The molecule has 6 aromatic rings. The number of hydrogen-bond donors (Lipinski definition) is 4. The molecule has 0 spiro atoms. The lowest BCUT2D eigenvalue weighted by Gasteiger charge is -2.35. The number of aliphatic imine (C=N–C) groups is 1. The average molecular weight is 1080 g/mol. The highest BCUT2D eigenvalue weighted by molar-refractivity contribution is 7.15.